The van der Waals surface area contributed by atoms with E-state index in [1.54, 1.807) is 61.7 Å². The summed E-state index contributed by atoms with van der Waals surface area (Å²) in [6, 6.07) is 19.0. The number of nitrogens with one attached hydrogen (secondary N) is 3. The lowest BCUT2D eigenvalue weighted by Gasteiger charge is -2.23. The number of amides is 4. The molecule has 0 heterocycles. The lowest BCUT2D eigenvalue weighted by molar-refractivity contribution is -0.137. The number of para-hydroxylation sites is 1. The molecule has 0 aliphatic rings. The zero-order valence-electron chi connectivity index (χ0n) is 18.9. The average molecular weight is 486 g/mol. The Morgan fingerprint density at radius 1 is 0.886 bits per heavy atom. The van der Waals surface area contributed by atoms with Gasteiger partial charge in [-0.2, -0.15) is 13.2 Å². The van der Waals surface area contributed by atoms with Gasteiger partial charge in [-0.1, -0.05) is 24.3 Å². The highest BCUT2D eigenvalue weighted by Crippen LogP contribution is 2.30. The van der Waals surface area contributed by atoms with E-state index in [-0.39, 0.29) is 18.8 Å². The minimum atomic E-state index is -4.52. The predicted molar refractivity (Wildman–Crippen MR) is 129 cm³/mol. The Labute approximate surface area is 200 Å². The van der Waals surface area contributed by atoms with E-state index in [2.05, 4.69) is 16.0 Å². The van der Waals surface area contributed by atoms with Crippen LogP contribution < -0.4 is 25.6 Å². The second kappa shape index (κ2) is 11.8. The number of alkyl halides is 3. The average Bonchev–Trinajstić information content (AvgIpc) is 2.84. The van der Waals surface area contributed by atoms with Crippen LogP contribution in [0.3, 0.4) is 0 Å². The third-order valence-corrected chi connectivity index (χ3v) is 4.95. The summed E-state index contributed by atoms with van der Waals surface area (Å²) in [5.41, 5.74) is 0.339. The molecule has 0 fully saturated rings. The van der Waals surface area contributed by atoms with Gasteiger partial charge >= 0.3 is 18.2 Å². The molecule has 35 heavy (non-hydrogen) atoms. The van der Waals surface area contributed by atoms with Crippen molar-refractivity contribution in [3.05, 3.63) is 84.4 Å². The largest absolute Gasteiger partial charge is 0.497 e. The number of rotatable bonds is 8. The van der Waals surface area contributed by atoms with Gasteiger partial charge in [-0.05, 0) is 61.0 Å². The Kier molecular flexibility index (Phi) is 8.55. The van der Waals surface area contributed by atoms with E-state index in [0.717, 1.165) is 12.1 Å². The van der Waals surface area contributed by atoms with E-state index in [0.29, 0.717) is 23.5 Å². The number of hydrogen-bond donors (Lipinski definition) is 3. The normalized spacial score (nSPS) is 10.9. The Bertz CT molecular complexity index is 1120. The van der Waals surface area contributed by atoms with Crippen molar-refractivity contribution >= 4 is 29.1 Å². The van der Waals surface area contributed by atoms with Gasteiger partial charge in [0, 0.05) is 30.2 Å². The van der Waals surface area contributed by atoms with Gasteiger partial charge in [0.2, 0.25) is 0 Å². The smallest absolute Gasteiger partial charge is 0.416 e. The highest BCUT2D eigenvalue weighted by atomic mass is 19.4. The van der Waals surface area contributed by atoms with Gasteiger partial charge in [0.15, 0.2) is 0 Å². The predicted octanol–water partition coefficient (Wildman–Crippen LogP) is 5.96. The van der Waals surface area contributed by atoms with Gasteiger partial charge in [-0.25, -0.2) is 9.59 Å². The first-order chi connectivity index (χ1) is 16.8. The van der Waals surface area contributed by atoms with E-state index >= 15 is 0 Å². The molecule has 0 saturated carbocycles. The maximum Gasteiger partial charge on any atom is 0.416 e. The number of anilines is 3. The van der Waals surface area contributed by atoms with Gasteiger partial charge in [-0.3, -0.25) is 4.90 Å². The number of carbonyl (C=O) groups excluding carboxylic acids is 2. The Hall–Kier alpha value is -4.21. The third kappa shape index (κ3) is 7.66. The molecule has 184 valence electrons. The molecule has 7 nitrogen and oxygen atoms in total. The third-order valence-electron chi connectivity index (χ3n) is 4.95. The molecule has 0 aliphatic heterocycles. The summed E-state index contributed by atoms with van der Waals surface area (Å²) < 4.78 is 44.1. The molecule has 3 aromatic carbocycles. The summed E-state index contributed by atoms with van der Waals surface area (Å²) in [6.07, 6.45) is -4.11. The molecule has 3 aromatic rings. The highest BCUT2D eigenvalue weighted by molar-refractivity contribution is 6.01. The van der Waals surface area contributed by atoms with Gasteiger partial charge < -0.3 is 20.7 Å². The number of ether oxygens (including phenoxy) is 1. The number of carbonyl (C=O) groups is 2. The van der Waals surface area contributed by atoms with Crippen LogP contribution in [0.5, 0.6) is 5.75 Å². The van der Waals surface area contributed by atoms with Crippen LogP contribution >= 0.6 is 0 Å². The zero-order chi connectivity index (χ0) is 25.3. The summed E-state index contributed by atoms with van der Waals surface area (Å²) in [5.74, 6) is 0.667. The van der Waals surface area contributed by atoms with Crippen molar-refractivity contribution in [3.8, 4) is 5.75 Å². The van der Waals surface area contributed by atoms with Crippen LogP contribution in [0, 0.1) is 0 Å². The van der Waals surface area contributed by atoms with Crippen molar-refractivity contribution < 1.29 is 27.5 Å². The van der Waals surface area contributed by atoms with Crippen LogP contribution in [0.1, 0.15) is 12.0 Å². The zero-order valence-corrected chi connectivity index (χ0v) is 18.9. The van der Waals surface area contributed by atoms with Gasteiger partial charge in [0.25, 0.3) is 0 Å². The molecule has 0 saturated heterocycles. The molecule has 3 N–H and O–H groups in total. The lowest BCUT2D eigenvalue weighted by atomic mass is 10.2. The summed E-state index contributed by atoms with van der Waals surface area (Å²) in [7, 11) is 1.55. The van der Waals surface area contributed by atoms with Crippen molar-refractivity contribution in [2.24, 2.45) is 0 Å². The van der Waals surface area contributed by atoms with Crippen LogP contribution in [0.15, 0.2) is 78.9 Å². The van der Waals surface area contributed by atoms with Gasteiger partial charge in [0.05, 0.1) is 12.7 Å². The number of methoxy groups -OCH3 is 1. The minimum Gasteiger partial charge on any atom is -0.497 e. The standard InChI is InChI=1S/C25H25F3N4O3/c1-35-22-13-11-19(12-14-22)30-23(33)29-15-6-16-32(21-9-3-2-4-10-21)24(34)31-20-8-5-7-18(17-20)25(26,27)28/h2-5,7-14,17H,6,15-16H2,1H3,(H,31,34)(H2,29,30,33). The first-order valence-electron chi connectivity index (χ1n) is 10.8. The number of benzene rings is 3. The maximum absolute atomic E-state index is 13.0. The summed E-state index contributed by atoms with van der Waals surface area (Å²) >= 11 is 0. The van der Waals surface area contributed by atoms with Crippen LogP contribution in [0.2, 0.25) is 0 Å². The monoisotopic (exact) mass is 486 g/mol. The number of halogens is 3. The first kappa shape index (κ1) is 25.4. The first-order valence-corrected chi connectivity index (χ1v) is 10.8. The van der Waals surface area contributed by atoms with Crippen LogP contribution in [-0.4, -0.2) is 32.3 Å². The molecule has 0 spiro atoms. The minimum absolute atomic E-state index is 0.0303. The summed E-state index contributed by atoms with van der Waals surface area (Å²) in [6.45, 7) is 0.486. The van der Waals surface area contributed by atoms with Crippen LogP contribution in [0.25, 0.3) is 0 Å². The molecule has 4 amide bonds. The fraction of sp³-hybridized carbons (Fsp3) is 0.200. The Balaban J connectivity index is 1.57. The number of urea groups is 2. The summed E-state index contributed by atoms with van der Waals surface area (Å²) in [5, 5.41) is 7.93. The van der Waals surface area contributed by atoms with Crippen LogP contribution in [0.4, 0.5) is 39.8 Å². The lowest BCUT2D eigenvalue weighted by Crippen LogP contribution is -2.38. The quantitative estimate of drug-likeness (QED) is 0.344. The SMILES string of the molecule is COc1ccc(NC(=O)NCCCN(C(=O)Nc2cccc(C(F)(F)F)c2)c2ccccc2)cc1. The van der Waals surface area contributed by atoms with E-state index in [1.807, 2.05) is 0 Å². The van der Waals surface area contributed by atoms with E-state index < -0.39 is 23.8 Å². The molecule has 0 atom stereocenters. The number of nitrogens with zero attached hydrogens (tertiary/aromatic N) is 1. The van der Waals surface area contributed by atoms with E-state index in [4.69, 9.17) is 4.74 Å². The second-order valence-corrected chi connectivity index (χ2v) is 7.46. The second-order valence-electron chi connectivity index (χ2n) is 7.46. The topological polar surface area (TPSA) is 82.7 Å². The Morgan fingerprint density at radius 3 is 2.26 bits per heavy atom. The molecule has 0 unspecified atom stereocenters. The van der Waals surface area contributed by atoms with Crippen molar-refractivity contribution in [1.82, 2.24) is 5.32 Å². The summed E-state index contributed by atoms with van der Waals surface area (Å²) in [4.78, 5) is 26.5. The molecule has 0 aliphatic carbocycles. The van der Waals surface area contributed by atoms with Crippen LogP contribution in [-0.2, 0) is 6.18 Å². The van der Waals surface area contributed by atoms with Crippen molar-refractivity contribution in [1.29, 1.82) is 0 Å². The van der Waals surface area contributed by atoms with Gasteiger partial charge in [0.1, 0.15) is 5.75 Å². The fourth-order valence-electron chi connectivity index (χ4n) is 3.21. The Morgan fingerprint density at radius 2 is 1.60 bits per heavy atom. The molecular weight excluding hydrogens is 461 g/mol. The molecule has 10 heteroatoms. The van der Waals surface area contributed by atoms with Crippen molar-refractivity contribution in [2.75, 3.05) is 35.7 Å². The molecule has 0 radical (unpaired) electrons. The fourth-order valence-corrected chi connectivity index (χ4v) is 3.21. The van der Waals surface area contributed by atoms with E-state index in [9.17, 15) is 22.8 Å². The van der Waals surface area contributed by atoms with Crippen molar-refractivity contribution in [3.63, 3.8) is 0 Å². The number of hydrogen-bond acceptors (Lipinski definition) is 3. The van der Waals surface area contributed by atoms with Crippen molar-refractivity contribution in [2.45, 2.75) is 12.6 Å². The maximum atomic E-state index is 13.0. The molecular formula is C25H25F3N4O3. The van der Waals surface area contributed by atoms with E-state index in [1.165, 1.54) is 17.0 Å². The molecule has 0 aromatic heterocycles. The molecule has 3 rings (SSSR count). The molecule has 0 bridgehead atoms. The van der Waals surface area contributed by atoms with Gasteiger partial charge in [-0.15, -0.1) is 0 Å². The highest BCUT2D eigenvalue weighted by Gasteiger charge is 2.30.